The van der Waals surface area contributed by atoms with Crippen LogP contribution in [0.25, 0.3) is 0 Å². The monoisotopic (exact) mass is 447 g/mol. The Hall–Kier alpha value is -3.37. The Kier molecular flexibility index (Phi) is 6.93. The second-order valence-corrected chi connectivity index (χ2v) is 8.23. The Bertz CT molecular complexity index is 1170. The van der Waals surface area contributed by atoms with Crippen molar-refractivity contribution in [2.75, 3.05) is 0 Å². The fourth-order valence-corrected chi connectivity index (χ4v) is 3.88. The zero-order valence-corrected chi connectivity index (χ0v) is 17.2. The quantitative estimate of drug-likeness (QED) is 0.553. The van der Waals surface area contributed by atoms with Gasteiger partial charge in [-0.15, -0.1) is 0 Å². The second kappa shape index (κ2) is 9.63. The molecule has 0 saturated carbocycles. The van der Waals surface area contributed by atoms with Crippen molar-refractivity contribution in [3.63, 3.8) is 0 Å². The molecule has 1 amide bonds. The van der Waals surface area contributed by atoms with E-state index in [2.05, 4.69) is 15.0 Å². The minimum absolute atomic E-state index is 0.0763. The van der Waals surface area contributed by atoms with Gasteiger partial charge in [-0.05, 0) is 55.0 Å². The fourth-order valence-electron chi connectivity index (χ4n) is 2.59. The van der Waals surface area contributed by atoms with Crippen molar-refractivity contribution in [3.05, 3.63) is 84.1 Å². The van der Waals surface area contributed by atoms with Gasteiger partial charge in [0.25, 0.3) is 0 Å². The molecule has 3 aromatic rings. The first-order valence-corrected chi connectivity index (χ1v) is 10.7. The van der Waals surface area contributed by atoms with Crippen LogP contribution in [0.1, 0.15) is 12.5 Å². The number of aromatic nitrogens is 1. The topological polar surface area (TPSA) is 97.4 Å². The predicted octanol–water partition coefficient (Wildman–Crippen LogP) is 3.14. The minimum Gasteiger partial charge on any atom is -0.439 e. The third kappa shape index (κ3) is 6.06. The van der Waals surface area contributed by atoms with Gasteiger partial charge < -0.3 is 10.1 Å². The molecule has 0 aliphatic rings. The highest BCUT2D eigenvalue weighted by atomic mass is 32.2. The number of nitrogens with one attached hydrogen (secondary N) is 2. The number of sulfonamides is 1. The molecular formula is C21H19F2N3O4S. The lowest BCUT2D eigenvalue weighted by Gasteiger charge is -2.15. The third-order valence-electron chi connectivity index (χ3n) is 4.15. The van der Waals surface area contributed by atoms with Gasteiger partial charge >= 0.3 is 0 Å². The van der Waals surface area contributed by atoms with Crippen LogP contribution in [0.4, 0.5) is 8.78 Å². The van der Waals surface area contributed by atoms with E-state index in [4.69, 9.17) is 4.74 Å². The Morgan fingerprint density at radius 3 is 2.52 bits per heavy atom. The largest absolute Gasteiger partial charge is 0.439 e. The van der Waals surface area contributed by atoms with Gasteiger partial charge in [0.2, 0.25) is 21.8 Å². The molecule has 0 aliphatic carbocycles. The van der Waals surface area contributed by atoms with Crippen LogP contribution in [0.3, 0.4) is 0 Å². The molecule has 0 spiro atoms. The van der Waals surface area contributed by atoms with Crippen LogP contribution in [0.2, 0.25) is 0 Å². The first-order valence-electron chi connectivity index (χ1n) is 9.17. The number of rotatable bonds is 8. The van der Waals surface area contributed by atoms with E-state index in [0.717, 1.165) is 12.1 Å². The molecule has 10 heteroatoms. The maximum Gasteiger partial charge on any atom is 0.244 e. The van der Waals surface area contributed by atoms with Crippen molar-refractivity contribution in [1.82, 2.24) is 15.0 Å². The van der Waals surface area contributed by atoms with Crippen molar-refractivity contribution in [3.8, 4) is 11.6 Å². The van der Waals surface area contributed by atoms with Gasteiger partial charge in [0.05, 0.1) is 6.04 Å². The summed E-state index contributed by atoms with van der Waals surface area (Å²) in [6, 6.07) is 12.4. The normalized spacial score (nSPS) is 12.2. The number of amides is 1. The molecule has 0 fully saturated rings. The molecule has 2 aromatic carbocycles. The highest BCUT2D eigenvalue weighted by Crippen LogP contribution is 2.20. The van der Waals surface area contributed by atoms with Crippen LogP contribution in [0, 0.1) is 11.6 Å². The number of carbonyl (C=O) groups is 1. The van der Waals surface area contributed by atoms with Crippen LogP contribution >= 0.6 is 0 Å². The number of hydrogen-bond donors (Lipinski definition) is 2. The third-order valence-corrected chi connectivity index (χ3v) is 5.73. The fraction of sp³-hybridized carbons (Fsp3) is 0.143. The summed E-state index contributed by atoms with van der Waals surface area (Å²) in [5, 5.41) is 2.59. The van der Waals surface area contributed by atoms with Gasteiger partial charge in [-0.3, -0.25) is 4.79 Å². The molecule has 1 atom stereocenters. The molecule has 3 rings (SSSR count). The summed E-state index contributed by atoms with van der Waals surface area (Å²) in [5.74, 6) is -1.26. The van der Waals surface area contributed by atoms with E-state index in [0.29, 0.717) is 11.3 Å². The Labute approximate surface area is 178 Å². The molecule has 1 aromatic heterocycles. The Morgan fingerprint density at radius 1 is 1.10 bits per heavy atom. The highest BCUT2D eigenvalue weighted by Gasteiger charge is 2.24. The number of halogens is 2. The van der Waals surface area contributed by atoms with Gasteiger partial charge in [0, 0.05) is 18.8 Å². The maximum atomic E-state index is 13.8. The number of nitrogens with zero attached hydrogens (tertiary/aromatic N) is 1. The van der Waals surface area contributed by atoms with Crippen molar-refractivity contribution >= 4 is 15.9 Å². The van der Waals surface area contributed by atoms with Crippen molar-refractivity contribution in [2.45, 2.75) is 24.4 Å². The first kappa shape index (κ1) is 22.3. The average Bonchev–Trinajstić information content (AvgIpc) is 2.74. The van der Waals surface area contributed by atoms with Gasteiger partial charge in [-0.25, -0.2) is 22.2 Å². The minimum atomic E-state index is -4.21. The smallest absolute Gasteiger partial charge is 0.244 e. The number of carbonyl (C=O) groups excluding carboxylic acids is 1. The summed E-state index contributed by atoms with van der Waals surface area (Å²) in [6.07, 6.45) is 1.48. The lowest BCUT2D eigenvalue weighted by atomic mass is 10.2. The molecular weight excluding hydrogens is 428 g/mol. The zero-order valence-electron chi connectivity index (χ0n) is 16.4. The zero-order chi connectivity index (χ0) is 22.4. The summed E-state index contributed by atoms with van der Waals surface area (Å²) < 4.78 is 59.0. The first-order chi connectivity index (χ1) is 14.7. The van der Waals surface area contributed by atoms with Gasteiger partial charge in [0.15, 0.2) is 0 Å². The van der Waals surface area contributed by atoms with Gasteiger partial charge in [-0.2, -0.15) is 4.72 Å². The molecule has 0 saturated heterocycles. The van der Waals surface area contributed by atoms with Gasteiger partial charge in [-0.1, -0.05) is 12.1 Å². The standard InChI is InChI=1S/C21H19F2N3O4S/c1-14(26-31(28,29)19-5-3-2-4-18(19)23)21(27)25-13-15-10-11-24-20(12-15)30-17-8-6-16(22)7-9-17/h2-12,14,26H,13H2,1H3,(H,25,27)/t14-/m0/s1. The SMILES string of the molecule is C[C@H](NS(=O)(=O)c1ccccc1F)C(=O)NCc1ccnc(Oc2ccc(F)cc2)c1. The number of hydrogen-bond acceptors (Lipinski definition) is 5. The van der Waals surface area contributed by atoms with Gasteiger partial charge in [0.1, 0.15) is 22.3 Å². The predicted molar refractivity (Wildman–Crippen MR) is 109 cm³/mol. The highest BCUT2D eigenvalue weighted by molar-refractivity contribution is 7.89. The van der Waals surface area contributed by atoms with Crippen LogP contribution in [-0.2, 0) is 21.4 Å². The van der Waals surface area contributed by atoms with E-state index < -0.39 is 38.5 Å². The lowest BCUT2D eigenvalue weighted by molar-refractivity contribution is -0.122. The van der Waals surface area contributed by atoms with Crippen LogP contribution in [-0.4, -0.2) is 25.4 Å². The summed E-state index contributed by atoms with van der Waals surface area (Å²) in [4.78, 5) is 15.8. The number of ether oxygens (including phenoxy) is 1. The Morgan fingerprint density at radius 2 is 1.81 bits per heavy atom. The molecule has 7 nitrogen and oxygen atoms in total. The molecule has 162 valence electrons. The van der Waals surface area contributed by atoms with Crippen LogP contribution in [0.5, 0.6) is 11.6 Å². The van der Waals surface area contributed by atoms with E-state index in [-0.39, 0.29) is 12.4 Å². The summed E-state index contributed by atoms with van der Waals surface area (Å²) >= 11 is 0. The maximum absolute atomic E-state index is 13.8. The molecule has 0 bridgehead atoms. The molecule has 1 heterocycles. The summed E-state index contributed by atoms with van der Waals surface area (Å²) in [6.45, 7) is 1.43. The van der Waals surface area contributed by atoms with Crippen molar-refractivity contribution in [1.29, 1.82) is 0 Å². The second-order valence-electron chi connectivity index (χ2n) is 6.55. The molecule has 0 radical (unpaired) electrons. The number of benzene rings is 2. The van der Waals surface area contributed by atoms with Crippen LogP contribution < -0.4 is 14.8 Å². The number of pyridine rings is 1. The van der Waals surface area contributed by atoms with E-state index in [1.165, 1.54) is 49.5 Å². The van der Waals surface area contributed by atoms with E-state index >= 15 is 0 Å². The van der Waals surface area contributed by atoms with Crippen molar-refractivity contribution < 1.29 is 26.7 Å². The molecule has 2 N–H and O–H groups in total. The summed E-state index contributed by atoms with van der Waals surface area (Å²) in [7, 11) is -4.21. The van der Waals surface area contributed by atoms with E-state index in [1.807, 2.05) is 0 Å². The summed E-state index contributed by atoms with van der Waals surface area (Å²) in [5.41, 5.74) is 0.643. The van der Waals surface area contributed by atoms with E-state index in [1.54, 1.807) is 12.1 Å². The average molecular weight is 447 g/mol. The van der Waals surface area contributed by atoms with E-state index in [9.17, 15) is 22.0 Å². The molecule has 31 heavy (non-hydrogen) atoms. The molecule has 0 unspecified atom stereocenters. The molecule has 0 aliphatic heterocycles. The lowest BCUT2D eigenvalue weighted by Crippen LogP contribution is -2.44. The Balaban J connectivity index is 1.59. The van der Waals surface area contributed by atoms with Crippen molar-refractivity contribution in [2.24, 2.45) is 0 Å². The van der Waals surface area contributed by atoms with Crippen LogP contribution in [0.15, 0.2) is 71.8 Å².